The molecule has 9 unspecified atom stereocenters. The van der Waals surface area contributed by atoms with Gasteiger partial charge in [-0.25, -0.2) is 0 Å². The number of hydrogen-bond donors (Lipinski definition) is 4. The van der Waals surface area contributed by atoms with Crippen LogP contribution in [0.1, 0.15) is 59.8 Å². The Morgan fingerprint density at radius 1 is 1.04 bits per heavy atom. The fraction of sp³-hybridized carbons (Fsp3) is 0.905. The number of hydrogen-bond acceptors (Lipinski definition) is 6. The average Bonchev–Trinajstić information content (AvgIpc) is 3.07. The van der Waals surface area contributed by atoms with Crippen molar-refractivity contribution in [1.29, 1.82) is 0 Å². The SMILES string of the molecule is C=C1C(O)CCC(C)C12CCC(C(C)(C)OC1OC(C)C(O)C(O)C1O)C2. The Morgan fingerprint density at radius 2 is 1.70 bits per heavy atom. The molecule has 1 saturated heterocycles. The maximum atomic E-state index is 10.4. The maximum absolute atomic E-state index is 10.4. The molecule has 6 heteroatoms. The molecule has 0 radical (unpaired) electrons. The van der Waals surface area contributed by atoms with Crippen molar-refractivity contribution in [3.8, 4) is 0 Å². The van der Waals surface area contributed by atoms with Gasteiger partial charge in [0.25, 0.3) is 0 Å². The van der Waals surface area contributed by atoms with E-state index in [4.69, 9.17) is 9.47 Å². The molecule has 0 aromatic heterocycles. The van der Waals surface area contributed by atoms with E-state index in [2.05, 4.69) is 13.5 Å². The van der Waals surface area contributed by atoms with Crippen LogP contribution in [0.5, 0.6) is 0 Å². The minimum absolute atomic E-state index is 0.0575. The molecule has 1 heterocycles. The Labute approximate surface area is 162 Å². The molecule has 2 saturated carbocycles. The van der Waals surface area contributed by atoms with Gasteiger partial charge in [0.05, 0.1) is 17.8 Å². The number of ether oxygens (including phenoxy) is 2. The summed E-state index contributed by atoms with van der Waals surface area (Å²) in [7, 11) is 0. The van der Waals surface area contributed by atoms with Crippen LogP contribution in [0.25, 0.3) is 0 Å². The predicted molar refractivity (Wildman–Crippen MR) is 101 cm³/mol. The summed E-state index contributed by atoms with van der Waals surface area (Å²) in [5.74, 6) is 0.694. The zero-order valence-corrected chi connectivity index (χ0v) is 17.0. The van der Waals surface area contributed by atoms with Gasteiger partial charge in [-0.3, -0.25) is 0 Å². The lowest BCUT2D eigenvalue weighted by molar-refractivity contribution is -0.322. The summed E-state index contributed by atoms with van der Waals surface area (Å²) >= 11 is 0. The van der Waals surface area contributed by atoms with Gasteiger partial charge in [0.2, 0.25) is 0 Å². The Bertz CT molecular complexity index is 563. The first-order valence-corrected chi connectivity index (χ1v) is 10.2. The molecular weight excluding hydrogens is 348 g/mol. The Balaban J connectivity index is 1.72. The van der Waals surface area contributed by atoms with E-state index in [1.807, 2.05) is 13.8 Å². The van der Waals surface area contributed by atoms with Crippen LogP contribution in [-0.4, -0.2) is 62.8 Å². The van der Waals surface area contributed by atoms with Crippen LogP contribution in [0, 0.1) is 17.3 Å². The van der Waals surface area contributed by atoms with Crippen LogP contribution in [0.15, 0.2) is 12.2 Å². The molecule has 9 atom stereocenters. The lowest BCUT2D eigenvalue weighted by Crippen LogP contribution is -2.59. The fourth-order valence-electron chi connectivity index (χ4n) is 5.42. The van der Waals surface area contributed by atoms with Gasteiger partial charge < -0.3 is 29.9 Å². The first kappa shape index (κ1) is 21.2. The van der Waals surface area contributed by atoms with Gasteiger partial charge in [-0.2, -0.15) is 0 Å². The third-order valence-corrected chi connectivity index (χ3v) is 7.62. The molecular formula is C21H36O6. The molecule has 1 aliphatic heterocycles. The van der Waals surface area contributed by atoms with Crippen molar-refractivity contribution < 1.29 is 29.9 Å². The Morgan fingerprint density at radius 3 is 2.37 bits per heavy atom. The highest BCUT2D eigenvalue weighted by Crippen LogP contribution is 2.58. The van der Waals surface area contributed by atoms with Crippen molar-refractivity contribution in [2.45, 2.75) is 102 Å². The van der Waals surface area contributed by atoms with E-state index < -0.39 is 42.4 Å². The summed E-state index contributed by atoms with van der Waals surface area (Å²) in [5.41, 5.74) is 0.317. The Kier molecular flexibility index (Phi) is 5.81. The van der Waals surface area contributed by atoms with E-state index in [-0.39, 0.29) is 11.3 Å². The van der Waals surface area contributed by atoms with Crippen LogP contribution in [0.2, 0.25) is 0 Å². The third kappa shape index (κ3) is 3.61. The monoisotopic (exact) mass is 384 g/mol. The highest BCUT2D eigenvalue weighted by Gasteiger charge is 2.53. The average molecular weight is 385 g/mol. The largest absolute Gasteiger partial charge is 0.389 e. The molecule has 27 heavy (non-hydrogen) atoms. The van der Waals surface area contributed by atoms with Crippen molar-refractivity contribution >= 4 is 0 Å². The summed E-state index contributed by atoms with van der Waals surface area (Å²) in [6.07, 6.45) is -1.15. The van der Waals surface area contributed by atoms with Crippen molar-refractivity contribution in [3.63, 3.8) is 0 Å². The maximum Gasteiger partial charge on any atom is 0.187 e. The van der Waals surface area contributed by atoms with Crippen LogP contribution in [0.4, 0.5) is 0 Å². The number of aliphatic hydroxyl groups excluding tert-OH is 4. The van der Waals surface area contributed by atoms with E-state index >= 15 is 0 Å². The summed E-state index contributed by atoms with van der Waals surface area (Å²) in [5, 5.41) is 40.6. The first-order valence-electron chi connectivity index (χ1n) is 10.2. The number of rotatable bonds is 3. The lowest BCUT2D eigenvalue weighted by atomic mass is 9.61. The fourth-order valence-corrected chi connectivity index (χ4v) is 5.42. The van der Waals surface area contributed by atoms with E-state index in [9.17, 15) is 20.4 Å². The lowest BCUT2D eigenvalue weighted by Gasteiger charge is -2.46. The van der Waals surface area contributed by atoms with Crippen molar-refractivity contribution in [2.75, 3.05) is 0 Å². The number of aliphatic hydroxyl groups is 4. The molecule has 4 N–H and O–H groups in total. The molecule has 156 valence electrons. The second-order valence-corrected chi connectivity index (χ2v) is 9.52. The highest BCUT2D eigenvalue weighted by atomic mass is 16.7. The normalized spacial score (nSPS) is 49.0. The molecule has 3 aliphatic rings. The van der Waals surface area contributed by atoms with Gasteiger partial charge in [-0.1, -0.05) is 13.5 Å². The third-order valence-electron chi connectivity index (χ3n) is 7.62. The summed E-state index contributed by atoms with van der Waals surface area (Å²) in [6, 6.07) is 0. The standard InChI is InChI=1S/C21H36O6/c1-11-6-7-15(22)12(2)21(11)9-8-14(10-21)20(4,5)27-19-18(25)17(24)16(23)13(3)26-19/h11,13-19,22-25H,2,6-10H2,1,3-5H3. The van der Waals surface area contributed by atoms with E-state index in [0.717, 1.165) is 37.7 Å². The molecule has 3 rings (SSSR count). The molecule has 0 aromatic rings. The second-order valence-electron chi connectivity index (χ2n) is 9.52. The quantitative estimate of drug-likeness (QED) is 0.553. The van der Waals surface area contributed by atoms with Crippen LogP contribution >= 0.6 is 0 Å². The molecule has 2 aliphatic carbocycles. The van der Waals surface area contributed by atoms with Crippen LogP contribution < -0.4 is 0 Å². The predicted octanol–water partition coefficient (Wildman–Crippen LogP) is 1.74. The first-order chi connectivity index (χ1) is 12.5. The summed E-state index contributed by atoms with van der Waals surface area (Å²) in [6.45, 7) is 12.1. The van der Waals surface area contributed by atoms with Crippen LogP contribution in [0.3, 0.4) is 0 Å². The smallest absolute Gasteiger partial charge is 0.187 e. The van der Waals surface area contributed by atoms with E-state index in [0.29, 0.717) is 5.92 Å². The molecule has 0 bridgehead atoms. The van der Waals surface area contributed by atoms with Crippen molar-refractivity contribution in [1.82, 2.24) is 0 Å². The van der Waals surface area contributed by atoms with E-state index in [1.54, 1.807) is 6.92 Å². The van der Waals surface area contributed by atoms with Gasteiger partial charge in [0.15, 0.2) is 6.29 Å². The van der Waals surface area contributed by atoms with Gasteiger partial charge in [0.1, 0.15) is 18.3 Å². The highest BCUT2D eigenvalue weighted by molar-refractivity contribution is 5.22. The van der Waals surface area contributed by atoms with Crippen molar-refractivity contribution in [2.24, 2.45) is 17.3 Å². The molecule has 1 spiro atoms. The second kappa shape index (κ2) is 7.39. The van der Waals surface area contributed by atoms with Gasteiger partial charge in [-0.05, 0) is 75.7 Å². The zero-order chi connectivity index (χ0) is 20.1. The molecule has 3 fully saturated rings. The molecule has 0 aromatic carbocycles. The van der Waals surface area contributed by atoms with Gasteiger partial charge in [0, 0.05) is 0 Å². The van der Waals surface area contributed by atoms with Crippen LogP contribution in [-0.2, 0) is 9.47 Å². The topological polar surface area (TPSA) is 99.4 Å². The van der Waals surface area contributed by atoms with Gasteiger partial charge in [-0.15, -0.1) is 0 Å². The molecule has 0 amide bonds. The summed E-state index contributed by atoms with van der Waals surface area (Å²) in [4.78, 5) is 0. The Hall–Kier alpha value is -0.500. The summed E-state index contributed by atoms with van der Waals surface area (Å²) < 4.78 is 11.8. The minimum Gasteiger partial charge on any atom is -0.389 e. The van der Waals surface area contributed by atoms with Crippen molar-refractivity contribution in [3.05, 3.63) is 12.2 Å². The zero-order valence-electron chi connectivity index (χ0n) is 17.0. The molecule has 6 nitrogen and oxygen atoms in total. The van der Waals surface area contributed by atoms with Gasteiger partial charge >= 0.3 is 0 Å². The minimum atomic E-state index is -1.30. The van der Waals surface area contributed by atoms with E-state index in [1.165, 1.54) is 0 Å².